The Kier molecular flexibility index (Phi) is 4.20. The van der Waals surface area contributed by atoms with Crippen LogP contribution in [0, 0.1) is 5.92 Å². The molecule has 0 saturated carbocycles. The third kappa shape index (κ3) is 3.03. The molecule has 0 saturated heterocycles. The molecule has 1 atom stereocenters. The number of carbonyl (C=O) groups excluding carboxylic acids is 1. The highest BCUT2D eigenvalue weighted by Crippen LogP contribution is 2.12. The smallest absolute Gasteiger partial charge is 0.326 e. The SMILES string of the molecule is CC(C)C(C(=O)O)N(C)C(=O)c1ccccn1. The highest BCUT2D eigenvalue weighted by molar-refractivity contribution is 5.94. The molecule has 0 radical (unpaired) electrons. The summed E-state index contributed by atoms with van der Waals surface area (Å²) in [6.45, 7) is 3.53. The first-order valence-electron chi connectivity index (χ1n) is 5.36. The lowest BCUT2D eigenvalue weighted by Crippen LogP contribution is -2.45. The summed E-state index contributed by atoms with van der Waals surface area (Å²) in [6, 6.07) is 4.12. The monoisotopic (exact) mass is 236 g/mol. The van der Waals surface area contributed by atoms with Crippen molar-refractivity contribution in [2.45, 2.75) is 19.9 Å². The molecule has 0 aliphatic heterocycles. The van der Waals surface area contributed by atoms with Gasteiger partial charge in [0.25, 0.3) is 5.91 Å². The molecule has 1 N–H and O–H groups in total. The largest absolute Gasteiger partial charge is 0.480 e. The second kappa shape index (κ2) is 5.43. The molecule has 0 aliphatic carbocycles. The molecular formula is C12H16N2O3. The van der Waals surface area contributed by atoms with E-state index in [1.54, 1.807) is 32.0 Å². The van der Waals surface area contributed by atoms with Crippen LogP contribution in [0.1, 0.15) is 24.3 Å². The van der Waals surface area contributed by atoms with Crippen LogP contribution in [0.4, 0.5) is 0 Å². The third-order valence-electron chi connectivity index (χ3n) is 2.51. The first kappa shape index (κ1) is 13.2. The number of amides is 1. The van der Waals surface area contributed by atoms with Crippen molar-refractivity contribution in [3.05, 3.63) is 30.1 Å². The maximum atomic E-state index is 12.0. The van der Waals surface area contributed by atoms with E-state index in [0.29, 0.717) is 0 Å². The lowest BCUT2D eigenvalue weighted by atomic mass is 10.0. The van der Waals surface area contributed by atoms with Crippen LogP contribution in [-0.2, 0) is 4.79 Å². The van der Waals surface area contributed by atoms with E-state index in [1.165, 1.54) is 18.1 Å². The number of carbonyl (C=O) groups is 2. The second-order valence-electron chi connectivity index (χ2n) is 4.16. The van der Waals surface area contributed by atoms with Crippen molar-refractivity contribution in [1.82, 2.24) is 9.88 Å². The van der Waals surface area contributed by atoms with Crippen LogP contribution in [0.15, 0.2) is 24.4 Å². The fourth-order valence-corrected chi connectivity index (χ4v) is 1.69. The molecule has 1 heterocycles. The summed E-state index contributed by atoms with van der Waals surface area (Å²) in [5.74, 6) is -1.55. The Morgan fingerprint density at radius 2 is 2.00 bits per heavy atom. The second-order valence-corrected chi connectivity index (χ2v) is 4.16. The van der Waals surface area contributed by atoms with Crippen LogP contribution < -0.4 is 0 Å². The Bertz CT molecular complexity index is 403. The highest BCUT2D eigenvalue weighted by atomic mass is 16.4. The van der Waals surface area contributed by atoms with E-state index in [-0.39, 0.29) is 17.5 Å². The molecule has 0 aromatic carbocycles. The maximum Gasteiger partial charge on any atom is 0.326 e. The number of hydrogen-bond acceptors (Lipinski definition) is 3. The maximum absolute atomic E-state index is 12.0. The van der Waals surface area contributed by atoms with Crippen molar-refractivity contribution < 1.29 is 14.7 Å². The van der Waals surface area contributed by atoms with Gasteiger partial charge in [0.2, 0.25) is 0 Å². The van der Waals surface area contributed by atoms with E-state index in [0.717, 1.165) is 0 Å². The Morgan fingerprint density at radius 1 is 1.35 bits per heavy atom. The average Bonchev–Trinajstić information content (AvgIpc) is 2.28. The van der Waals surface area contributed by atoms with E-state index < -0.39 is 12.0 Å². The molecule has 0 aliphatic rings. The minimum Gasteiger partial charge on any atom is -0.480 e. The molecule has 0 fully saturated rings. The van der Waals surface area contributed by atoms with Crippen molar-refractivity contribution in [2.24, 2.45) is 5.92 Å². The highest BCUT2D eigenvalue weighted by Gasteiger charge is 2.30. The predicted octanol–water partition coefficient (Wildman–Crippen LogP) is 1.26. The van der Waals surface area contributed by atoms with Crippen molar-refractivity contribution in [1.29, 1.82) is 0 Å². The fourth-order valence-electron chi connectivity index (χ4n) is 1.69. The summed E-state index contributed by atoms with van der Waals surface area (Å²) in [7, 11) is 1.48. The van der Waals surface area contributed by atoms with Crippen molar-refractivity contribution in [3.8, 4) is 0 Å². The zero-order valence-electron chi connectivity index (χ0n) is 10.1. The molecule has 1 unspecified atom stereocenters. The molecule has 0 spiro atoms. The van der Waals surface area contributed by atoms with Crippen LogP contribution in [0.2, 0.25) is 0 Å². The third-order valence-corrected chi connectivity index (χ3v) is 2.51. The van der Waals surface area contributed by atoms with Crippen LogP contribution in [0.5, 0.6) is 0 Å². The zero-order chi connectivity index (χ0) is 13.0. The molecule has 1 rings (SSSR count). The van der Waals surface area contributed by atoms with Crippen LogP contribution >= 0.6 is 0 Å². The minimum atomic E-state index is -1.01. The summed E-state index contributed by atoms with van der Waals surface area (Å²) >= 11 is 0. The Hall–Kier alpha value is -1.91. The molecule has 5 nitrogen and oxygen atoms in total. The number of aliphatic carboxylic acids is 1. The molecule has 1 aromatic rings. The quantitative estimate of drug-likeness (QED) is 0.854. The number of carboxylic acid groups (broad SMARTS) is 1. The van der Waals surface area contributed by atoms with Gasteiger partial charge in [-0.3, -0.25) is 9.78 Å². The average molecular weight is 236 g/mol. The van der Waals surface area contributed by atoms with Crippen LogP contribution in [0.25, 0.3) is 0 Å². The van der Waals surface area contributed by atoms with Gasteiger partial charge in [-0.2, -0.15) is 0 Å². The van der Waals surface area contributed by atoms with E-state index in [9.17, 15) is 9.59 Å². The molecule has 17 heavy (non-hydrogen) atoms. The zero-order valence-corrected chi connectivity index (χ0v) is 10.1. The Balaban J connectivity index is 2.92. The molecular weight excluding hydrogens is 220 g/mol. The van der Waals surface area contributed by atoms with Gasteiger partial charge in [-0.15, -0.1) is 0 Å². The van der Waals surface area contributed by atoms with Gasteiger partial charge in [0.1, 0.15) is 11.7 Å². The Labute approximate surface area is 100 Å². The van der Waals surface area contributed by atoms with Gasteiger partial charge in [-0.1, -0.05) is 19.9 Å². The lowest BCUT2D eigenvalue weighted by Gasteiger charge is -2.27. The van der Waals surface area contributed by atoms with Crippen LogP contribution in [0.3, 0.4) is 0 Å². The van der Waals surface area contributed by atoms with Gasteiger partial charge in [-0.05, 0) is 18.1 Å². The lowest BCUT2D eigenvalue weighted by molar-refractivity contribution is -0.143. The van der Waals surface area contributed by atoms with Gasteiger partial charge in [0.15, 0.2) is 0 Å². The number of nitrogens with zero attached hydrogens (tertiary/aromatic N) is 2. The van der Waals surface area contributed by atoms with Crippen molar-refractivity contribution in [3.63, 3.8) is 0 Å². The van der Waals surface area contributed by atoms with Gasteiger partial charge in [0.05, 0.1) is 0 Å². The molecule has 1 aromatic heterocycles. The van der Waals surface area contributed by atoms with E-state index in [4.69, 9.17) is 5.11 Å². The topological polar surface area (TPSA) is 70.5 Å². The number of likely N-dealkylation sites (N-methyl/N-ethyl adjacent to an activating group) is 1. The van der Waals surface area contributed by atoms with E-state index >= 15 is 0 Å². The van der Waals surface area contributed by atoms with Gasteiger partial charge in [-0.25, -0.2) is 4.79 Å². The first-order chi connectivity index (χ1) is 7.95. The number of carboxylic acids is 1. The van der Waals surface area contributed by atoms with E-state index in [1.807, 2.05) is 0 Å². The Morgan fingerprint density at radius 3 is 2.41 bits per heavy atom. The van der Waals surface area contributed by atoms with Gasteiger partial charge >= 0.3 is 5.97 Å². The first-order valence-corrected chi connectivity index (χ1v) is 5.36. The predicted molar refractivity (Wildman–Crippen MR) is 62.6 cm³/mol. The van der Waals surface area contributed by atoms with Crippen molar-refractivity contribution >= 4 is 11.9 Å². The summed E-state index contributed by atoms with van der Waals surface area (Å²) < 4.78 is 0. The fraction of sp³-hybridized carbons (Fsp3) is 0.417. The molecule has 92 valence electrons. The summed E-state index contributed by atoms with van der Waals surface area (Å²) in [6.07, 6.45) is 1.51. The molecule has 0 bridgehead atoms. The number of pyridine rings is 1. The summed E-state index contributed by atoms with van der Waals surface area (Å²) in [4.78, 5) is 28.2. The molecule has 1 amide bonds. The number of aromatic nitrogens is 1. The van der Waals surface area contributed by atoms with Crippen molar-refractivity contribution in [2.75, 3.05) is 7.05 Å². The number of hydrogen-bond donors (Lipinski definition) is 1. The van der Waals surface area contributed by atoms with Gasteiger partial charge in [0, 0.05) is 13.2 Å². The normalized spacial score (nSPS) is 12.2. The van der Waals surface area contributed by atoms with E-state index in [2.05, 4.69) is 4.98 Å². The van der Waals surface area contributed by atoms with Gasteiger partial charge < -0.3 is 10.0 Å². The van der Waals surface area contributed by atoms with Crippen LogP contribution in [-0.4, -0.2) is 40.0 Å². The molecule has 5 heteroatoms. The summed E-state index contributed by atoms with van der Waals surface area (Å²) in [5, 5.41) is 9.10. The standard InChI is InChI=1S/C12H16N2O3/c1-8(2)10(12(16)17)14(3)11(15)9-6-4-5-7-13-9/h4-8,10H,1-3H3,(H,16,17). The minimum absolute atomic E-state index is 0.162. The summed E-state index contributed by atoms with van der Waals surface area (Å²) in [5.41, 5.74) is 0.252. The number of rotatable bonds is 4.